The molecule has 1 aliphatic heterocycles. The molecule has 0 radical (unpaired) electrons. The number of hydrogen-bond acceptors (Lipinski definition) is 7. The monoisotopic (exact) mass is 514 g/mol. The molecule has 0 saturated carbocycles. The van der Waals surface area contributed by atoms with Crippen molar-refractivity contribution in [3.63, 3.8) is 0 Å². The molecule has 1 aliphatic rings. The molecule has 1 saturated heterocycles. The summed E-state index contributed by atoms with van der Waals surface area (Å²) in [5.74, 6) is -0.815. The molecule has 1 aromatic heterocycles. The molecule has 2 heterocycles. The van der Waals surface area contributed by atoms with Gasteiger partial charge in [0.25, 0.3) is 5.78 Å². The molecule has 1 fully saturated rings. The van der Waals surface area contributed by atoms with Gasteiger partial charge in [-0.2, -0.15) is 0 Å². The third-order valence-electron chi connectivity index (χ3n) is 6.52. The highest BCUT2D eigenvalue weighted by atomic mass is 32.1. The largest absolute Gasteiger partial charge is 0.507 e. The average Bonchev–Trinajstić information content (AvgIpc) is 3.42. The van der Waals surface area contributed by atoms with E-state index in [-0.39, 0.29) is 11.3 Å². The Hall–Kier alpha value is -4.17. The van der Waals surface area contributed by atoms with Gasteiger partial charge in [-0.05, 0) is 55.7 Å². The minimum atomic E-state index is -0.914. The minimum Gasteiger partial charge on any atom is -0.507 e. The Morgan fingerprint density at radius 1 is 0.919 bits per heavy atom. The van der Waals surface area contributed by atoms with Crippen molar-refractivity contribution < 1.29 is 24.2 Å². The normalized spacial score (nSPS) is 17.0. The Morgan fingerprint density at radius 3 is 2.30 bits per heavy atom. The fourth-order valence-electron chi connectivity index (χ4n) is 4.70. The van der Waals surface area contributed by atoms with Gasteiger partial charge in [0.1, 0.15) is 5.76 Å². The summed E-state index contributed by atoms with van der Waals surface area (Å²) in [6, 6.07) is 15.5. The molecule has 7 nitrogen and oxygen atoms in total. The molecule has 3 aromatic carbocycles. The molecule has 5 rings (SSSR count). The van der Waals surface area contributed by atoms with Crippen molar-refractivity contribution in [2.45, 2.75) is 26.8 Å². The van der Waals surface area contributed by atoms with Gasteiger partial charge in [0.2, 0.25) is 0 Å². The number of carbonyl (C=O) groups excluding carboxylic acids is 2. The number of aryl methyl sites for hydroxylation is 3. The van der Waals surface area contributed by atoms with Crippen LogP contribution in [0.5, 0.6) is 11.5 Å². The van der Waals surface area contributed by atoms with Crippen LogP contribution in [0.15, 0.2) is 60.2 Å². The van der Waals surface area contributed by atoms with Gasteiger partial charge in [0.15, 0.2) is 16.6 Å². The smallest absolute Gasteiger partial charge is 0.301 e. The first-order valence-electron chi connectivity index (χ1n) is 11.7. The van der Waals surface area contributed by atoms with Crippen molar-refractivity contribution in [1.82, 2.24) is 4.98 Å². The van der Waals surface area contributed by atoms with Crippen LogP contribution >= 0.6 is 11.3 Å². The van der Waals surface area contributed by atoms with E-state index in [0.29, 0.717) is 27.8 Å². The van der Waals surface area contributed by atoms with E-state index in [1.165, 1.54) is 30.5 Å². The van der Waals surface area contributed by atoms with Crippen molar-refractivity contribution in [3.05, 3.63) is 88.0 Å². The molecule has 0 aliphatic carbocycles. The number of anilines is 1. The summed E-state index contributed by atoms with van der Waals surface area (Å²) in [5, 5.41) is 11.7. The van der Waals surface area contributed by atoms with Gasteiger partial charge in [0.05, 0.1) is 36.1 Å². The zero-order chi connectivity index (χ0) is 26.4. The van der Waals surface area contributed by atoms with Gasteiger partial charge in [0, 0.05) is 5.56 Å². The van der Waals surface area contributed by atoms with E-state index in [0.717, 1.165) is 26.9 Å². The average molecular weight is 515 g/mol. The number of carbonyl (C=O) groups is 2. The zero-order valence-electron chi connectivity index (χ0n) is 21.2. The summed E-state index contributed by atoms with van der Waals surface area (Å²) in [7, 11) is 3.05. The van der Waals surface area contributed by atoms with Gasteiger partial charge >= 0.3 is 5.91 Å². The summed E-state index contributed by atoms with van der Waals surface area (Å²) in [6.07, 6.45) is 0. The number of benzene rings is 3. The van der Waals surface area contributed by atoms with E-state index in [9.17, 15) is 14.7 Å². The van der Waals surface area contributed by atoms with Crippen LogP contribution in [-0.4, -0.2) is 36.0 Å². The summed E-state index contributed by atoms with van der Waals surface area (Å²) >= 11 is 1.34. The topological polar surface area (TPSA) is 89.0 Å². The van der Waals surface area contributed by atoms with Gasteiger partial charge in [-0.25, -0.2) is 4.98 Å². The fraction of sp³-hybridized carbons (Fsp3) is 0.207. The number of ketones is 1. The van der Waals surface area contributed by atoms with Gasteiger partial charge < -0.3 is 14.6 Å². The van der Waals surface area contributed by atoms with Crippen LogP contribution in [0.3, 0.4) is 0 Å². The third kappa shape index (κ3) is 4.13. The molecule has 1 atom stereocenters. The van der Waals surface area contributed by atoms with Gasteiger partial charge in [-0.3, -0.25) is 14.5 Å². The van der Waals surface area contributed by atoms with E-state index in [1.807, 2.05) is 45.0 Å². The highest BCUT2D eigenvalue weighted by Gasteiger charge is 2.48. The summed E-state index contributed by atoms with van der Waals surface area (Å²) in [5.41, 5.74) is 4.87. The Balaban J connectivity index is 1.76. The number of rotatable bonds is 5. The first-order valence-corrected chi connectivity index (χ1v) is 12.5. The van der Waals surface area contributed by atoms with Crippen LogP contribution < -0.4 is 14.4 Å². The molecular weight excluding hydrogens is 488 g/mol. The second-order valence-corrected chi connectivity index (χ2v) is 10.1. The lowest BCUT2D eigenvalue weighted by Crippen LogP contribution is -2.29. The second kappa shape index (κ2) is 9.37. The number of hydrogen-bond donors (Lipinski definition) is 1. The molecule has 37 heavy (non-hydrogen) atoms. The van der Waals surface area contributed by atoms with Crippen molar-refractivity contribution in [2.75, 3.05) is 19.1 Å². The molecule has 1 amide bonds. The summed E-state index contributed by atoms with van der Waals surface area (Å²) < 4.78 is 11.8. The maximum Gasteiger partial charge on any atom is 0.301 e. The second-order valence-electron chi connectivity index (χ2n) is 9.07. The number of Topliss-reactive ketones (excluding diaryl/α,β-unsaturated/α-hetero) is 1. The molecule has 8 heteroatoms. The quantitative estimate of drug-likeness (QED) is 0.204. The van der Waals surface area contributed by atoms with Crippen molar-refractivity contribution in [2.24, 2.45) is 0 Å². The summed E-state index contributed by atoms with van der Waals surface area (Å²) in [4.78, 5) is 33.2. The molecule has 0 unspecified atom stereocenters. The highest BCUT2D eigenvalue weighted by Crippen LogP contribution is 2.46. The lowest BCUT2D eigenvalue weighted by molar-refractivity contribution is -0.132. The number of thiazole rings is 1. The Labute approximate surface area is 218 Å². The van der Waals surface area contributed by atoms with E-state index in [1.54, 1.807) is 30.3 Å². The SMILES string of the molecule is COc1ccc([C@H]2C(=C(O)c3ccc(C)cc3)C(=O)C(=O)N2c2nc3c(C)cc(C)cc3s2)cc1OC. The van der Waals surface area contributed by atoms with Crippen LogP contribution in [0.2, 0.25) is 0 Å². The molecule has 4 aromatic rings. The molecule has 0 bridgehead atoms. The predicted octanol–water partition coefficient (Wildman–Crippen LogP) is 5.87. The van der Waals surface area contributed by atoms with Crippen LogP contribution in [0.4, 0.5) is 5.13 Å². The lowest BCUT2D eigenvalue weighted by atomic mass is 9.95. The summed E-state index contributed by atoms with van der Waals surface area (Å²) in [6.45, 7) is 5.91. The first kappa shape index (κ1) is 24.5. The Morgan fingerprint density at radius 2 is 1.62 bits per heavy atom. The van der Waals surface area contributed by atoms with Crippen LogP contribution in [0.1, 0.15) is 33.9 Å². The molecule has 1 N–H and O–H groups in total. The van der Waals surface area contributed by atoms with E-state index >= 15 is 0 Å². The minimum absolute atomic E-state index is 0.00627. The van der Waals surface area contributed by atoms with E-state index in [2.05, 4.69) is 0 Å². The fourth-order valence-corrected chi connectivity index (χ4v) is 5.87. The number of methoxy groups -OCH3 is 2. The number of fused-ring (bicyclic) bond motifs is 1. The van der Waals surface area contributed by atoms with E-state index < -0.39 is 17.7 Å². The number of aromatic nitrogens is 1. The molecule has 188 valence electrons. The molecule has 0 spiro atoms. The Bertz CT molecular complexity index is 1590. The van der Waals surface area contributed by atoms with Crippen molar-refractivity contribution in [3.8, 4) is 11.5 Å². The number of aliphatic hydroxyl groups is 1. The van der Waals surface area contributed by atoms with Crippen LogP contribution in [0.25, 0.3) is 16.0 Å². The van der Waals surface area contributed by atoms with Gasteiger partial charge in [-0.15, -0.1) is 0 Å². The number of ether oxygens (including phenoxy) is 2. The van der Waals surface area contributed by atoms with Crippen LogP contribution in [-0.2, 0) is 9.59 Å². The predicted molar refractivity (Wildman–Crippen MR) is 145 cm³/mol. The maximum absolute atomic E-state index is 13.5. The zero-order valence-corrected chi connectivity index (χ0v) is 22.0. The van der Waals surface area contributed by atoms with E-state index in [4.69, 9.17) is 14.5 Å². The number of aliphatic hydroxyl groups excluding tert-OH is 1. The maximum atomic E-state index is 13.5. The number of amides is 1. The lowest BCUT2D eigenvalue weighted by Gasteiger charge is -2.23. The van der Waals surface area contributed by atoms with Crippen molar-refractivity contribution >= 4 is 44.1 Å². The standard InChI is InChI=1S/C29H26N2O5S/c1-15-6-8-18(9-7-15)26(32)23-25(19-10-11-20(35-4)21(14-19)36-5)31(28(34)27(23)33)29-30-24-17(3)12-16(2)13-22(24)37-29/h6-14,25,32H,1-5H3/t25-/m0/s1. The van der Waals surface area contributed by atoms with Crippen molar-refractivity contribution in [1.29, 1.82) is 0 Å². The Kier molecular flexibility index (Phi) is 6.21. The van der Waals surface area contributed by atoms with Gasteiger partial charge in [-0.1, -0.05) is 53.3 Å². The van der Waals surface area contributed by atoms with Crippen LogP contribution in [0, 0.1) is 20.8 Å². The highest BCUT2D eigenvalue weighted by molar-refractivity contribution is 7.22. The molecular formula is C29H26N2O5S. The number of nitrogens with zero attached hydrogens (tertiary/aromatic N) is 2. The third-order valence-corrected chi connectivity index (χ3v) is 7.52. The first-order chi connectivity index (χ1) is 17.7.